The molecule has 9 heteroatoms. The summed E-state index contributed by atoms with van der Waals surface area (Å²) in [5.74, 6) is -0.714. The molecule has 1 aromatic carbocycles. The van der Waals surface area contributed by atoms with Crippen LogP contribution in [0.25, 0.3) is 0 Å². The minimum absolute atomic E-state index is 0.137. The van der Waals surface area contributed by atoms with Crippen LogP contribution in [0, 0.1) is 0 Å². The lowest BCUT2D eigenvalue weighted by Crippen LogP contribution is -2.48. The van der Waals surface area contributed by atoms with Crippen molar-refractivity contribution in [1.82, 2.24) is 15.5 Å². The summed E-state index contributed by atoms with van der Waals surface area (Å²) in [4.78, 5) is 48.4. The van der Waals surface area contributed by atoms with E-state index in [1.54, 1.807) is 18.2 Å². The molecule has 1 aliphatic heterocycles. The predicted molar refractivity (Wildman–Crippen MR) is 95.2 cm³/mol. The molecule has 0 aliphatic carbocycles. The van der Waals surface area contributed by atoms with Gasteiger partial charge in [-0.1, -0.05) is 6.07 Å². The van der Waals surface area contributed by atoms with Gasteiger partial charge in [-0.15, -0.1) is 0 Å². The molecule has 0 bridgehead atoms. The van der Waals surface area contributed by atoms with Gasteiger partial charge in [-0.3, -0.25) is 19.2 Å². The van der Waals surface area contributed by atoms with E-state index in [9.17, 15) is 19.2 Å². The number of likely N-dealkylation sites (tertiary alicyclic amines) is 1. The molecule has 146 valence electrons. The maximum absolute atomic E-state index is 12.4. The lowest BCUT2D eigenvalue weighted by atomic mass is 10.1. The number of rotatable bonds is 9. The van der Waals surface area contributed by atoms with Crippen molar-refractivity contribution >= 4 is 24.0 Å². The number of hydrogen-bond donors (Lipinski definition) is 2. The molecular formula is C18H23N3O6. The molecule has 27 heavy (non-hydrogen) atoms. The SMILES string of the molecule is COc1ccc(CNC(=O)C(=O)C2CCCN2C(=O)CNC=O)cc1OC. The Kier molecular flexibility index (Phi) is 7.16. The van der Waals surface area contributed by atoms with Gasteiger partial charge in [0.05, 0.1) is 20.8 Å². The zero-order chi connectivity index (χ0) is 19.8. The second kappa shape index (κ2) is 9.56. The first-order valence-corrected chi connectivity index (χ1v) is 8.51. The second-order valence-electron chi connectivity index (χ2n) is 5.98. The quantitative estimate of drug-likeness (QED) is 0.448. The Morgan fingerprint density at radius 2 is 1.96 bits per heavy atom. The molecule has 0 spiro atoms. The van der Waals surface area contributed by atoms with E-state index in [-0.39, 0.29) is 19.0 Å². The summed E-state index contributed by atoms with van der Waals surface area (Å²) in [6.45, 7) is 0.331. The van der Waals surface area contributed by atoms with Crippen LogP contribution in [0.2, 0.25) is 0 Å². The van der Waals surface area contributed by atoms with E-state index in [0.717, 1.165) is 5.56 Å². The van der Waals surface area contributed by atoms with Crippen molar-refractivity contribution in [2.24, 2.45) is 0 Å². The van der Waals surface area contributed by atoms with Gasteiger partial charge in [-0.2, -0.15) is 0 Å². The third kappa shape index (κ3) is 4.96. The van der Waals surface area contributed by atoms with Crippen molar-refractivity contribution in [3.63, 3.8) is 0 Å². The number of hydrogen-bond acceptors (Lipinski definition) is 6. The number of carbonyl (C=O) groups is 4. The molecule has 1 aliphatic rings. The van der Waals surface area contributed by atoms with Gasteiger partial charge in [0.1, 0.15) is 6.04 Å². The Balaban J connectivity index is 1.96. The van der Waals surface area contributed by atoms with Crippen LogP contribution in [0.5, 0.6) is 11.5 Å². The maximum Gasteiger partial charge on any atom is 0.289 e. The maximum atomic E-state index is 12.4. The number of nitrogens with zero attached hydrogens (tertiary/aromatic N) is 1. The van der Waals surface area contributed by atoms with Crippen LogP contribution in [0.1, 0.15) is 18.4 Å². The van der Waals surface area contributed by atoms with E-state index in [2.05, 4.69) is 10.6 Å². The monoisotopic (exact) mass is 377 g/mol. The number of methoxy groups -OCH3 is 2. The van der Waals surface area contributed by atoms with Crippen LogP contribution in [0.4, 0.5) is 0 Å². The highest BCUT2D eigenvalue weighted by atomic mass is 16.5. The topological polar surface area (TPSA) is 114 Å². The number of nitrogens with one attached hydrogen (secondary N) is 2. The lowest BCUT2D eigenvalue weighted by molar-refractivity contribution is -0.144. The van der Waals surface area contributed by atoms with E-state index in [1.807, 2.05) is 0 Å². The number of ether oxygens (including phenoxy) is 2. The minimum atomic E-state index is -0.795. The third-order valence-corrected chi connectivity index (χ3v) is 4.34. The van der Waals surface area contributed by atoms with Crippen LogP contribution >= 0.6 is 0 Å². The summed E-state index contributed by atoms with van der Waals surface area (Å²) in [7, 11) is 3.03. The first-order valence-electron chi connectivity index (χ1n) is 8.51. The standard InChI is InChI=1S/C18H23N3O6/c1-26-14-6-5-12(8-15(14)27-2)9-20-18(25)17(24)13-4-3-7-21(13)16(23)10-19-11-22/h5-6,8,11,13H,3-4,7,9-10H2,1-2H3,(H,19,22)(H,20,25). The van der Waals surface area contributed by atoms with Gasteiger partial charge in [-0.25, -0.2) is 0 Å². The van der Waals surface area contributed by atoms with Gasteiger partial charge in [0.2, 0.25) is 18.1 Å². The van der Waals surface area contributed by atoms with Crippen molar-refractivity contribution in [2.45, 2.75) is 25.4 Å². The summed E-state index contributed by atoms with van der Waals surface area (Å²) in [5, 5.41) is 4.85. The fourth-order valence-corrected chi connectivity index (χ4v) is 2.98. The Morgan fingerprint density at radius 1 is 1.22 bits per heavy atom. The average molecular weight is 377 g/mol. The molecule has 0 aromatic heterocycles. The number of amides is 3. The highest BCUT2D eigenvalue weighted by molar-refractivity contribution is 6.38. The predicted octanol–water partition coefficient (Wildman–Crippen LogP) is -0.374. The van der Waals surface area contributed by atoms with Gasteiger partial charge in [0.25, 0.3) is 5.91 Å². The Morgan fingerprint density at radius 3 is 2.63 bits per heavy atom. The molecule has 1 aromatic rings. The van der Waals surface area contributed by atoms with Crippen molar-refractivity contribution in [2.75, 3.05) is 27.3 Å². The lowest BCUT2D eigenvalue weighted by Gasteiger charge is -2.23. The molecule has 0 saturated carbocycles. The van der Waals surface area contributed by atoms with Gasteiger partial charge >= 0.3 is 0 Å². The fraction of sp³-hybridized carbons (Fsp3) is 0.444. The van der Waals surface area contributed by atoms with E-state index < -0.39 is 17.7 Å². The molecule has 3 amide bonds. The zero-order valence-corrected chi connectivity index (χ0v) is 15.3. The van der Waals surface area contributed by atoms with Gasteiger partial charge in [0, 0.05) is 13.1 Å². The van der Waals surface area contributed by atoms with E-state index >= 15 is 0 Å². The second-order valence-corrected chi connectivity index (χ2v) is 5.98. The summed E-state index contributed by atoms with van der Waals surface area (Å²) in [5.41, 5.74) is 0.739. The first kappa shape index (κ1) is 20.2. The van der Waals surface area contributed by atoms with Gasteiger partial charge < -0.3 is 25.0 Å². The molecule has 0 radical (unpaired) electrons. The van der Waals surface area contributed by atoms with Gasteiger partial charge in [-0.05, 0) is 30.5 Å². The molecular weight excluding hydrogens is 354 g/mol. The van der Waals surface area contributed by atoms with Crippen LogP contribution in [-0.4, -0.2) is 62.3 Å². The molecule has 1 fully saturated rings. The van der Waals surface area contributed by atoms with Gasteiger partial charge in [0.15, 0.2) is 11.5 Å². The largest absolute Gasteiger partial charge is 0.493 e. The molecule has 1 heterocycles. The van der Waals surface area contributed by atoms with Crippen LogP contribution < -0.4 is 20.1 Å². The number of benzene rings is 1. The highest BCUT2D eigenvalue weighted by Gasteiger charge is 2.36. The normalized spacial score (nSPS) is 15.8. The number of Topliss-reactive ketones (excluding diaryl/α,β-unsaturated/α-hetero) is 1. The summed E-state index contributed by atoms with van der Waals surface area (Å²) in [6, 6.07) is 4.37. The highest BCUT2D eigenvalue weighted by Crippen LogP contribution is 2.27. The Labute approximate surface area is 157 Å². The minimum Gasteiger partial charge on any atom is -0.493 e. The smallest absolute Gasteiger partial charge is 0.289 e. The third-order valence-electron chi connectivity index (χ3n) is 4.34. The Hall–Kier alpha value is -3.10. The molecule has 1 saturated heterocycles. The van der Waals surface area contributed by atoms with Crippen molar-refractivity contribution in [3.05, 3.63) is 23.8 Å². The van der Waals surface area contributed by atoms with Crippen molar-refractivity contribution < 1.29 is 28.7 Å². The summed E-state index contributed by atoms with van der Waals surface area (Å²) < 4.78 is 10.4. The molecule has 2 N–H and O–H groups in total. The van der Waals surface area contributed by atoms with E-state index in [1.165, 1.54) is 19.1 Å². The zero-order valence-electron chi connectivity index (χ0n) is 15.3. The van der Waals surface area contributed by atoms with Crippen LogP contribution in [0.3, 0.4) is 0 Å². The number of ketones is 1. The van der Waals surface area contributed by atoms with Crippen molar-refractivity contribution in [1.29, 1.82) is 0 Å². The molecule has 1 unspecified atom stereocenters. The first-order chi connectivity index (χ1) is 13.0. The fourth-order valence-electron chi connectivity index (χ4n) is 2.98. The van der Waals surface area contributed by atoms with E-state index in [0.29, 0.717) is 37.3 Å². The van der Waals surface area contributed by atoms with Crippen molar-refractivity contribution in [3.8, 4) is 11.5 Å². The van der Waals surface area contributed by atoms with E-state index in [4.69, 9.17) is 9.47 Å². The molecule has 2 rings (SSSR count). The van der Waals surface area contributed by atoms with Crippen LogP contribution in [0.15, 0.2) is 18.2 Å². The summed E-state index contributed by atoms with van der Waals surface area (Å²) in [6.07, 6.45) is 1.47. The molecule has 9 nitrogen and oxygen atoms in total. The summed E-state index contributed by atoms with van der Waals surface area (Å²) >= 11 is 0. The average Bonchev–Trinajstić information content (AvgIpc) is 3.19. The Bertz CT molecular complexity index is 721. The number of carbonyl (C=O) groups excluding carboxylic acids is 4. The van der Waals surface area contributed by atoms with Crippen LogP contribution in [-0.2, 0) is 25.7 Å². The molecule has 1 atom stereocenters.